The molecule has 8 heteroatoms. The number of nitrogens with zero attached hydrogens (tertiary/aromatic N) is 2. The van der Waals surface area contributed by atoms with Gasteiger partial charge in [0.25, 0.3) is 11.8 Å². The van der Waals surface area contributed by atoms with Crippen molar-refractivity contribution in [3.8, 4) is 11.5 Å². The number of carbonyl (C=O) groups is 4. The van der Waals surface area contributed by atoms with Crippen LogP contribution in [-0.4, -0.2) is 56.7 Å². The van der Waals surface area contributed by atoms with Gasteiger partial charge in [0.05, 0.1) is 0 Å². The largest absolute Gasteiger partial charge is 0.504 e. The fourth-order valence-electron chi connectivity index (χ4n) is 2.41. The number of rotatable bonds is 6. The summed E-state index contributed by atoms with van der Waals surface area (Å²) in [4.78, 5) is 51.4. The molecule has 0 aromatic heterocycles. The summed E-state index contributed by atoms with van der Waals surface area (Å²) in [6, 6.07) is 2.33. The Hall–Kier alpha value is -3.42. The van der Waals surface area contributed by atoms with Gasteiger partial charge in [0, 0.05) is 18.7 Å². The van der Waals surface area contributed by atoms with Crippen LogP contribution in [0.5, 0.6) is 11.5 Å². The molecular weight excluding hydrogens is 328 g/mol. The van der Waals surface area contributed by atoms with E-state index < -0.39 is 41.0 Å². The fraction of sp³-hybridized carbons (Fsp3) is 0.176. The molecule has 1 aromatic carbocycles. The minimum atomic E-state index is -1.76. The van der Waals surface area contributed by atoms with Crippen LogP contribution < -0.4 is 0 Å². The number of aromatic hydroxyl groups is 2. The van der Waals surface area contributed by atoms with Gasteiger partial charge in [-0.2, -0.15) is 0 Å². The summed E-state index contributed by atoms with van der Waals surface area (Å²) in [7, 11) is 0. The molecule has 8 nitrogen and oxygen atoms in total. The standard InChI is InChI=1S/C17H16N2O6/c1-3-7-18-15(23)13(16(24)19(8-4-2)17(18)25)14(22)10-5-6-11(20)12(21)9-10/h3-6,9,13,20-21H,1-2,7-8H2. The van der Waals surface area contributed by atoms with Gasteiger partial charge >= 0.3 is 6.03 Å². The summed E-state index contributed by atoms with van der Waals surface area (Å²) < 4.78 is 0. The lowest BCUT2D eigenvalue weighted by Crippen LogP contribution is -2.61. The number of phenolic OH excluding ortho intramolecular Hbond substituents is 2. The Balaban J connectivity index is 2.46. The van der Waals surface area contributed by atoms with Crippen LogP contribution in [0.25, 0.3) is 0 Å². The molecule has 1 heterocycles. The van der Waals surface area contributed by atoms with E-state index in [4.69, 9.17) is 0 Å². The van der Waals surface area contributed by atoms with E-state index in [-0.39, 0.29) is 18.7 Å². The zero-order chi connectivity index (χ0) is 18.7. The first-order valence-electron chi connectivity index (χ1n) is 7.28. The molecule has 0 saturated carbocycles. The smallest absolute Gasteiger partial charge is 0.334 e. The highest BCUT2D eigenvalue weighted by molar-refractivity contribution is 6.29. The first-order chi connectivity index (χ1) is 11.8. The molecule has 0 aliphatic carbocycles. The SMILES string of the molecule is C=CCN1C(=O)C(C(=O)c2ccc(O)c(O)c2)C(=O)N(CC=C)C1=O. The number of hydrogen-bond acceptors (Lipinski definition) is 6. The zero-order valence-corrected chi connectivity index (χ0v) is 13.2. The first-order valence-corrected chi connectivity index (χ1v) is 7.28. The molecule has 4 amide bonds. The van der Waals surface area contributed by atoms with E-state index in [9.17, 15) is 29.4 Å². The number of phenols is 2. The number of amides is 4. The van der Waals surface area contributed by atoms with Crippen molar-refractivity contribution in [2.45, 2.75) is 0 Å². The van der Waals surface area contributed by atoms with Crippen molar-refractivity contribution in [3.05, 3.63) is 49.1 Å². The summed E-state index contributed by atoms with van der Waals surface area (Å²) in [5, 5.41) is 18.8. The number of carbonyl (C=O) groups excluding carboxylic acids is 4. The highest BCUT2D eigenvalue weighted by Gasteiger charge is 2.48. The minimum absolute atomic E-state index is 0.145. The number of Topliss-reactive ketones (excluding diaryl/α,β-unsaturated/α-hetero) is 1. The summed E-state index contributed by atoms with van der Waals surface area (Å²) >= 11 is 0. The van der Waals surface area contributed by atoms with Crippen molar-refractivity contribution < 1.29 is 29.4 Å². The highest BCUT2D eigenvalue weighted by Crippen LogP contribution is 2.28. The molecule has 130 valence electrons. The second kappa shape index (κ2) is 7.00. The average Bonchev–Trinajstić information content (AvgIpc) is 2.58. The molecule has 0 radical (unpaired) electrons. The van der Waals surface area contributed by atoms with Crippen LogP contribution in [0.4, 0.5) is 4.79 Å². The second-order valence-electron chi connectivity index (χ2n) is 5.26. The lowest BCUT2D eigenvalue weighted by molar-refractivity contribution is -0.146. The third-order valence-corrected chi connectivity index (χ3v) is 3.63. The van der Waals surface area contributed by atoms with Crippen LogP contribution in [0.15, 0.2) is 43.5 Å². The number of urea groups is 1. The van der Waals surface area contributed by atoms with E-state index in [1.54, 1.807) is 0 Å². The Morgan fingerprint density at radius 2 is 1.52 bits per heavy atom. The van der Waals surface area contributed by atoms with Crippen LogP contribution in [0, 0.1) is 5.92 Å². The Morgan fingerprint density at radius 1 is 1.00 bits per heavy atom. The van der Waals surface area contributed by atoms with E-state index in [1.165, 1.54) is 18.2 Å². The van der Waals surface area contributed by atoms with E-state index in [1.807, 2.05) is 0 Å². The van der Waals surface area contributed by atoms with Crippen molar-refractivity contribution in [1.29, 1.82) is 0 Å². The third-order valence-electron chi connectivity index (χ3n) is 3.63. The second-order valence-corrected chi connectivity index (χ2v) is 5.26. The molecule has 1 saturated heterocycles. The van der Waals surface area contributed by atoms with Gasteiger partial charge in [-0.1, -0.05) is 12.2 Å². The van der Waals surface area contributed by atoms with Crippen LogP contribution in [0.2, 0.25) is 0 Å². The molecule has 0 spiro atoms. The molecular formula is C17H16N2O6. The monoisotopic (exact) mass is 344 g/mol. The topological polar surface area (TPSA) is 115 Å². The van der Waals surface area contributed by atoms with Crippen LogP contribution >= 0.6 is 0 Å². The predicted molar refractivity (Wildman–Crippen MR) is 86.8 cm³/mol. The van der Waals surface area contributed by atoms with Crippen molar-refractivity contribution >= 4 is 23.6 Å². The van der Waals surface area contributed by atoms with Crippen LogP contribution in [0.3, 0.4) is 0 Å². The number of hydrogen-bond donors (Lipinski definition) is 2. The summed E-state index contributed by atoms with van der Waals surface area (Å²) in [5.41, 5.74) is -0.145. The van der Waals surface area contributed by atoms with Crippen molar-refractivity contribution in [2.75, 3.05) is 13.1 Å². The summed E-state index contributed by atoms with van der Waals surface area (Å²) in [5.74, 6) is -5.60. The fourth-order valence-corrected chi connectivity index (χ4v) is 2.41. The van der Waals surface area contributed by atoms with E-state index in [2.05, 4.69) is 13.2 Å². The number of barbiturate groups is 1. The summed E-state index contributed by atoms with van der Waals surface area (Å²) in [6.07, 6.45) is 2.59. The first kappa shape index (κ1) is 17.9. The van der Waals surface area contributed by atoms with E-state index >= 15 is 0 Å². The van der Waals surface area contributed by atoms with Gasteiger partial charge in [-0.05, 0) is 18.2 Å². The van der Waals surface area contributed by atoms with E-state index in [0.717, 1.165) is 21.9 Å². The van der Waals surface area contributed by atoms with Gasteiger partial charge in [0.1, 0.15) is 0 Å². The summed E-state index contributed by atoms with van der Waals surface area (Å²) in [6.45, 7) is 6.57. The van der Waals surface area contributed by atoms with Crippen molar-refractivity contribution in [2.24, 2.45) is 5.92 Å². The van der Waals surface area contributed by atoms with Crippen molar-refractivity contribution in [3.63, 3.8) is 0 Å². The Bertz CT molecular complexity index is 753. The van der Waals surface area contributed by atoms with E-state index in [0.29, 0.717) is 0 Å². The Kier molecular flexibility index (Phi) is 5.02. The lowest BCUT2D eigenvalue weighted by Gasteiger charge is -2.35. The molecule has 2 rings (SSSR count). The maximum absolute atomic E-state index is 12.6. The van der Waals surface area contributed by atoms with Crippen LogP contribution in [0.1, 0.15) is 10.4 Å². The molecule has 1 aliphatic heterocycles. The molecule has 1 aromatic rings. The van der Waals surface area contributed by atoms with Gasteiger partial charge in [0.2, 0.25) is 0 Å². The maximum Gasteiger partial charge on any atom is 0.334 e. The van der Waals surface area contributed by atoms with Gasteiger partial charge < -0.3 is 10.2 Å². The van der Waals surface area contributed by atoms with Crippen molar-refractivity contribution in [1.82, 2.24) is 9.80 Å². The highest BCUT2D eigenvalue weighted by atomic mass is 16.3. The molecule has 0 unspecified atom stereocenters. The molecule has 0 bridgehead atoms. The van der Waals surface area contributed by atoms with Gasteiger partial charge in [-0.15, -0.1) is 13.2 Å². The average molecular weight is 344 g/mol. The predicted octanol–water partition coefficient (Wildman–Crippen LogP) is 1.06. The lowest BCUT2D eigenvalue weighted by atomic mass is 9.93. The molecule has 0 atom stereocenters. The number of benzene rings is 1. The Morgan fingerprint density at radius 3 is 1.96 bits per heavy atom. The zero-order valence-electron chi connectivity index (χ0n) is 13.2. The van der Waals surface area contributed by atoms with Gasteiger partial charge in [0.15, 0.2) is 23.2 Å². The molecule has 1 aliphatic rings. The Labute approximate surface area is 143 Å². The third kappa shape index (κ3) is 3.14. The quantitative estimate of drug-likeness (QED) is 0.345. The van der Waals surface area contributed by atoms with Crippen LogP contribution in [-0.2, 0) is 9.59 Å². The number of ketones is 1. The normalized spacial score (nSPS) is 15.4. The molecule has 2 N–H and O–H groups in total. The molecule has 1 fully saturated rings. The van der Waals surface area contributed by atoms with Gasteiger partial charge in [-0.3, -0.25) is 24.2 Å². The van der Waals surface area contributed by atoms with Gasteiger partial charge in [-0.25, -0.2) is 4.79 Å². The minimum Gasteiger partial charge on any atom is -0.504 e. The molecule has 25 heavy (non-hydrogen) atoms. The maximum atomic E-state index is 12.6. The number of imide groups is 2.